The van der Waals surface area contributed by atoms with E-state index in [2.05, 4.69) is 15.0 Å². The standard InChI is InChI=1S/C16H16N4O3S/c1-22-11-4-3-10(9-12(11)23-2)5-8-20-15(21)13-14(19-16(20)24)18-7-6-17-13/h3-4,6-7,9H,5,8H2,1-2H3,(H,18,19,24). The van der Waals surface area contributed by atoms with Crippen molar-refractivity contribution in [3.63, 3.8) is 0 Å². The lowest BCUT2D eigenvalue weighted by Crippen LogP contribution is -2.24. The highest BCUT2D eigenvalue weighted by atomic mass is 32.1. The quantitative estimate of drug-likeness (QED) is 0.714. The minimum absolute atomic E-state index is 0.248. The smallest absolute Gasteiger partial charge is 0.282 e. The summed E-state index contributed by atoms with van der Waals surface area (Å²) in [7, 11) is 3.18. The van der Waals surface area contributed by atoms with E-state index in [-0.39, 0.29) is 11.1 Å². The maximum atomic E-state index is 12.5. The summed E-state index contributed by atoms with van der Waals surface area (Å²) < 4.78 is 12.3. The van der Waals surface area contributed by atoms with Gasteiger partial charge in [-0.2, -0.15) is 0 Å². The molecule has 0 aliphatic carbocycles. The van der Waals surface area contributed by atoms with Gasteiger partial charge < -0.3 is 14.5 Å². The monoisotopic (exact) mass is 344 g/mol. The fraction of sp³-hybridized carbons (Fsp3) is 0.250. The summed E-state index contributed by atoms with van der Waals surface area (Å²) in [5.41, 5.74) is 1.43. The Hall–Kier alpha value is -2.74. The third kappa shape index (κ3) is 3.00. The largest absolute Gasteiger partial charge is 0.493 e. The van der Waals surface area contributed by atoms with E-state index in [1.807, 2.05) is 18.2 Å². The summed E-state index contributed by atoms with van der Waals surface area (Å²) in [6.07, 6.45) is 3.61. The molecule has 0 aliphatic heterocycles. The van der Waals surface area contributed by atoms with Crippen LogP contribution < -0.4 is 15.0 Å². The number of nitrogens with one attached hydrogen (secondary N) is 1. The van der Waals surface area contributed by atoms with Crippen LogP contribution in [0.25, 0.3) is 11.2 Å². The topological polar surface area (TPSA) is 82.0 Å². The van der Waals surface area contributed by atoms with Gasteiger partial charge in [-0.05, 0) is 36.3 Å². The second-order valence-corrected chi connectivity index (χ2v) is 5.47. The summed E-state index contributed by atoms with van der Waals surface area (Å²) in [4.78, 5) is 23.6. The van der Waals surface area contributed by atoms with Gasteiger partial charge in [-0.15, -0.1) is 0 Å². The van der Waals surface area contributed by atoms with E-state index in [9.17, 15) is 4.79 Å². The number of aromatic nitrogens is 4. The van der Waals surface area contributed by atoms with Crippen molar-refractivity contribution in [2.24, 2.45) is 0 Å². The lowest BCUT2D eigenvalue weighted by molar-refractivity contribution is 0.354. The first-order chi connectivity index (χ1) is 11.6. The second-order valence-electron chi connectivity index (χ2n) is 5.08. The maximum Gasteiger partial charge on any atom is 0.282 e. The molecule has 7 nitrogen and oxygen atoms in total. The number of aryl methyl sites for hydroxylation is 1. The van der Waals surface area contributed by atoms with Crippen molar-refractivity contribution >= 4 is 23.4 Å². The number of benzene rings is 1. The lowest BCUT2D eigenvalue weighted by atomic mass is 10.1. The second kappa shape index (κ2) is 6.79. The van der Waals surface area contributed by atoms with Gasteiger partial charge in [0.25, 0.3) is 5.56 Å². The molecule has 0 bridgehead atoms. The summed E-state index contributed by atoms with van der Waals surface area (Å²) in [5, 5.41) is 0. The van der Waals surface area contributed by atoms with Gasteiger partial charge in [0, 0.05) is 18.9 Å². The molecule has 24 heavy (non-hydrogen) atoms. The zero-order chi connectivity index (χ0) is 17.1. The number of hydrogen-bond donors (Lipinski definition) is 1. The Morgan fingerprint density at radius 3 is 2.67 bits per heavy atom. The summed E-state index contributed by atoms with van der Waals surface area (Å²) in [6.45, 7) is 0.427. The number of rotatable bonds is 5. The third-order valence-corrected chi connectivity index (χ3v) is 4.01. The molecule has 0 radical (unpaired) electrons. The fourth-order valence-corrected chi connectivity index (χ4v) is 2.73. The normalized spacial score (nSPS) is 10.8. The number of hydrogen-bond acceptors (Lipinski definition) is 6. The van der Waals surface area contributed by atoms with Crippen molar-refractivity contribution in [1.29, 1.82) is 0 Å². The van der Waals surface area contributed by atoms with Crippen LogP contribution >= 0.6 is 12.2 Å². The SMILES string of the molecule is COc1ccc(CCn2c(=S)[nH]c3nccnc3c2=O)cc1OC. The molecule has 0 saturated heterocycles. The van der Waals surface area contributed by atoms with E-state index in [1.165, 1.54) is 17.0 Å². The van der Waals surface area contributed by atoms with E-state index in [0.29, 0.717) is 34.9 Å². The molecule has 0 unspecified atom stereocenters. The number of ether oxygens (including phenoxy) is 2. The van der Waals surface area contributed by atoms with Crippen LogP contribution in [0.3, 0.4) is 0 Å². The van der Waals surface area contributed by atoms with Crippen molar-refractivity contribution in [3.05, 3.63) is 51.3 Å². The molecule has 1 N–H and O–H groups in total. The van der Waals surface area contributed by atoms with Gasteiger partial charge in [0.15, 0.2) is 27.4 Å². The average molecular weight is 344 g/mol. The highest BCUT2D eigenvalue weighted by Gasteiger charge is 2.09. The molecular formula is C16H16N4O3S. The Kier molecular flexibility index (Phi) is 4.57. The predicted molar refractivity (Wildman–Crippen MR) is 92.2 cm³/mol. The number of aromatic amines is 1. The van der Waals surface area contributed by atoms with Crippen LogP contribution in [-0.2, 0) is 13.0 Å². The molecule has 1 aromatic carbocycles. The summed E-state index contributed by atoms with van der Waals surface area (Å²) in [6, 6.07) is 5.65. The van der Waals surface area contributed by atoms with Crippen LogP contribution in [-0.4, -0.2) is 33.7 Å². The van der Waals surface area contributed by atoms with Gasteiger partial charge >= 0.3 is 0 Å². The number of fused-ring (bicyclic) bond motifs is 1. The van der Waals surface area contributed by atoms with E-state index >= 15 is 0 Å². The van der Waals surface area contributed by atoms with Crippen molar-refractivity contribution in [1.82, 2.24) is 19.5 Å². The highest BCUT2D eigenvalue weighted by molar-refractivity contribution is 7.71. The Bertz CT molecular complexity index is 997. The van der Waals surface area contributed by atoms with E-state index in [1.54, 1.807) is 14.2 Å². The molecule has 0 atom stereocenters. The Balaban J connectivity index is 1.91. The number of H-pyrrole nitrogens is 1. The Morgan fingerprint density at radius 2 is 1.92 bits per heavy atom. The average Bonchev–Trinajstić information content (AvgIpc) is 2.61. The molecule has 3 rings (SSSR count). The first-order valence-electron chi connectivity index (χ1n) is 7.28. The molecule has 0 aliphatic rings. The minimum Gasteiger partial charge on any atom is -0.493 e. The highest BCUT2D eigenvalue weighted by Crippen LogP contribution is 2.27. The number of nitrogens with zero attached hydrogens (tertiary/aromatic N) is 3. The molecule has 3 aromatic rings. The van der Waals surface area contributed by atoms with Crippen LogP contribution in [0.1, 0.15) is 5.56 Å². The fourth-order valence-electron chi connectivity index (χ4n) is 2.45. The minimum atomic E-state index is -0.248. The van der Waals surface area contributed by atoms with Gasteiger partial charge in [0.2, 0.25) is 0 Å². The Morgan fingerprint density at radius 1 is 1.17 bits per heavy atom. The maximum absolute atomic E-state index is 12.5. The van der Waals surface area contributed by atoms with Gasteiger partial charge in [-0.3, -0.25) is 9.36 Å². The molecule has 0 fully saturated rings. The molecular weight excluding hydrogens is 328 g/mol. The summed E-state index contributed by atoms with van der Waals surface area (Å²) >= 11 is 5.27. The predicted octanol–water partition coefficient (Wildman–Crippen LogP) is 2.11. The van der Waals surface area contributed by atoms with Crippen molar-refractivity contribution in [2.45, 2.75) is 13.0 Å². The molecule has 124 valence electrons. The molecule has 0 spiro atoms. The Labute approximate surface area is 142 Å². The third-order valence-electron chi connectivity index (χ3n) is 3.69. The van der Waals surface area contributed by atoms with Crippen LogP contribution in [0.4, 0.5) is 0 Å². The summed E-state index contributed by atoms with van der Waals surface area (Å²) in [5.74, 6) is 1.31. The van der Waals surface area contributed by atoms with Crippen LogP contribution in [0, 0.1) is 4.77 Å². The molecule has 0 amide bonds. The molecule has 2 aromatic heterocycles. The van der Waals surface area contributed by atoms with Crippen LogP contribution in [0.15, 0.2) is 35.4 Å². The van der Waals surface area contributed by atoms with Crippen molar-refractivity contribution in [3.8, 4) is 11.5 Å². The van der Waals surface area contributed by atoms with Gasteiger partial charge in [0.05, 0.1) is 14.2 Å². The lowest BCUT2D eigenvalue weighted by Gasteiger charge is -2.10. The van der Waals surface area contributed by atoms with Crippen molar-refractivity contribution < 1.29 is 9.47 Å². The van der Waals surface area contributed by atoms with Crippen molar-refractivity contribution in [2.75, 3.05) is 14.2 Å². The van der Waals surface area contributed by atoms with E-state index in [0.717, 1.165) is 5.56 Å². The van der Waals surface area contributed by atoms with Crippen LogP contribution in [0.5, 0.6) is 11.5 Å². The zero-order valence-electron chi connectivity index (χ0n) is 13.3. The first kappa shape index (κ1) is 16.1. The molecule has 0 saturated carbocycles. The van der Waals surface area contributed by atoms with Gasteiger partial charge in [-0.25, -0.2) is 9.97 Å². The van der Waals surface area contributed by atoms with E-state index in [4.69, 9.17) is 21.7 Å². The molecule has 2 heterocycles. The van der Waals surface area contributed by atoms with Crippen LogP contribution in [0.2, 0.25) is 0 Å². The zero-order valence-corrected chi connectivity index (χ0v) is 14.1. The number of methoxy groups -OCH3 is 2. The molecule has 8 heteroatoms. The van der Waals surface area contributed by atoms with Gasteiger partial charge in [0.1, 0.15) is 0 Å². The first-order valence-corrected chi connectivity index (χ1v) is 7.69. The van der Waals surface area contributed by atoms with Gasteiger partial charge in [-0.1, -0.05) is 6.07 Å². The van der Waals surface area contributed by atoms with E-state index < -0.39 is 0 Å².